The molecule has 0 aromatic carbocycles. The lowest BCUT2D eigenvalue weighted by Crippen LogP contribution is -2.39. The lowest BCUT2D eigenvalue weighted by Gasteiger charge is -2.35. The lowest BCUT2D eigenvalue weighted by atomic mass is 9.79. The van der Waals surface area contributed by atoms with Crippen molar-refractivity contribution in [3.8, 4) is 6.07 Å². The van der Waals surface area contributed by atoms with Gasteiger partial charge in [0.1, 0.15) is 0 Å². The highest BCUT2D eigenvalue weighted by molar-refractivity contribution is 9.09. The predicted molar refractivity (Wildman–Crippen MR) is 116 cm³/mol. The van der Waals surface area contributed by atoms with E-state index in [0.29, 0.717) is 36.3 Å². The summed E-state index contributed by atoms with van der Waals surface area (Å²) >= 11 is 3.73. The summed E-state index contributed by atoms with van der Waals surface area (Å²) in [5, 5.41) is 18.8. The molecule has 0 spiro atoms. The molecule has 2 saturated carbocycles. The van der Waals surface area contributed by atoms with Crippen molar-refractivity contribution in [3.63, 3.8) is 0 Å². The molecule has 0 radical (unpaired) electrons. The maximum Gasteiger partial charge on any atom is 0.332 e. The molecule has 1 aliphatic heterocycles. The third kappa shape index (κ3) is 6.53. The van der Waals surface area contributed by atoms with E-state index in [4.69, 9.17) is 19.3 Å². The summed E-state index contributed by atoms with van der Waals surface area (Å²) < 4.78 is 17.7. The molecule has 7 atom stereocenters. The van der Waals surface area contributed by atoms with Gasteiger partial charge in [-0.05, 0) is 70.1 Å². The van der Waals surface area contributed by atoms with E-state index < -0.39 is 12.1 Å². The molecule has 6 nitrogen and oxygen atoms in total. The first-order valence-electron chi connectivity index (χ1n) is 11.4. The van der Waals surface area contributed by atoms with Crippen LogP contribution in [-0.4, -0.2) is 53.5 Å². The summed E-state index contributed by atoms with van der Waals surface area (Å²) in [6.07, 6.45) is 9.84. The third-order valence-electron chi connectivity index (χ3n) is 6.63. The quantitative estimate of drug-likeness (QED) is 0.400. The maximum absolute atomic E-state index is 11.1. The summed E-state index contributed by atoms with van der Waals surface area (Å²) in [6.45, 7) is 3.03. The van der Waals surface area contributed by atoms with Gasteiger partial charge >= 0.3 is 5.97 Å². The minimum atomic E-state index is -0.894. The fourth-order valence-electron chi connectivity index (χ4n) is 5.04. The van der Waals surface area contributed by atoms with Crippen LogP contribution in [0, 0.1) is 23.2 Å². The van der Waals surface area contributed by atoms with Gasteiger partial charge in [0.15, 0.2) is 6.10 Å². The highest BCUT2D eigenvalue weighted by Crippen LogP contribution is 2.36. The van der Waals surface area contributed by atoms with E-state index in [0.717, 1.165) is 44.1 Å². The monoisotopic (exact) mass is 483 g/mol. The molecule has 7 heteroatoms. The number of aliphatic carboxylic acids is 1. The van der Waals surface area contributed by atoms with E-state index in [9.17, 15) is 10.1 Å². The number of allylic oxidation sites excluding steroid dienone is 2. The van der Waals surface area contributed by atoms with E-state index in [2.05, 4.69) is 28.1 Å². The second-order valence-electron chi connectivity index (χ2n) is 8.80. The van der Waals surface area contributed by atoms with Gasteiger partial charge < -0.3 is 19.3 Å². The van der Waals surface area contributed by atoms with E-state index in [1.807, 2.05) is 6.92 Å². The molecule has 1 N–H and O–H groups in total. The Morgan fingerprint density at radius 2 is 2.00 bits per heavy atom. The van der Waals surface area contributed by atoms with Gasteiger partial charge in [0.2, 0.25) is 0 Å². The molecule has 1 saturated heterocycles. The van der Waals surface area contributed by atoms with Crippen LogP contribution in [0.5, 0.6) is 0 Å². The van der Waals surface area contributed by atoms with Crippen LogP contribution in [0.4, 0.5) is 0 Å². The molecule has 168 valence electrons. The Bertz CT molecular complexity index is 648. The third-order valence-corrected chi connectivity index (χ3v) is 7.46. The van der Waals surface area contributed by atoms with Crippen LogP contribution < -0.4 is 0 Å². The molecule has 30 heavy (non-hydrogen) atoms. The number of carboxylic acid groups (broad SMARTS) is 1. The first-order valence-corrected chi connectivity index (χ1v) is 12.3. The topological polar surface area (TPSA) is 88.8 Å². The van der Waals surface area contributed by atoms with E-state index >= 15 is 0 Å². The normalized spacial score (nSPS) is 37.6. The fraction of sp³-hybridized carbons (Fsp3) is 0.826. The summed E-state index contributed by atoms with van der Waals surface area (Å²) in [6, 6.07) is 2.48. The van der Waals surface area contributed by atoms with E-state index in [1.54, 1.807) is 0 Å². The number of nitrogens with zero attached hydrogens (tertiary/aromatic N) is 1. The number of hydrogen-bond donors (Lipinski definition) is 1. The van der Waals surface area contributed by atoms with Crippen molar-refractivity contribution < 1.29 is 24.1 Å². The van der Waals surface area contributed by atoms with Crippen molar-refractivity contribution >= 4 is 21.9 Å². The Morgan fingerprint density at radius 1 is 1.17 bits per heavy atom. The molecule has 1 heterocycles. The molecule has 3 fully saturated rings. The van der Waals surface area contributed by atoms with E-state index in [1.165, 1.54) is 12.8 Å². The number of alkyl halides is 1. The zero-order valence-corrected chi connectivity index (χ0v) is 19.4. The van der Waals surface area contributed by atoms with Crippen LogP contribution in [0.15, 0.2) is 11.6 Å². The molecule has 0 aromatic heterocycles. The molecule has 3 rings (SSSR count). The number of carboxylic acids is 1. The molecular formula is C23H34BrNO5. The number of nitriles is 1. The summed E-state index contributed by atoms with van der Waals surface area (Å²) in [4.78, 5) is 11.6. The van der Waals surface area contributed by atoms with Crippen LogP contribution in [0.1, 0.15) is 64.7 Å². The highest BCUT2D eigenvalue weighted by atomic mass is 79.9. The zero-order chi connectivity index (χ0) is 21.5. The van der Waals surface area contributed by atoms with Crippen molar-refractivity contribution in [1.82, 2.24) is 0 Å². The van der Waals surface area contributed by atoms with E-state index in [-0.39, 0.29) is 18.3 Å². The zero-order valence-electron chi connectivity index (χ0n) is 17.8. The molecule has 0 aromatic rings. The number of hydrogen-bond acceptors (Lipinski definition) is 5. The minimum absolute atomic E-state index is 0.00287. The first kappa shape index (κ1) is 23.7. The average Bonchev–Trinajstić information content (AvgIpc) is 3.21. The smallest absolute Gasteiger partial charge is 0.332 e. The van der Waals surface area contributed by atoms with Gasteiger partial charge in [0.05, 0.1) is 31.0 Å². The number of rotatable bonds is 8. The van der Waals surface area contributed by atoms with Gasteiger partial charge in [0.25, 0.3) is 0 Å². The van der Waals surface area contributed by atoms with Crippen molar-refractivity contribution in [2.24, 2.45) is 11.8 Å². The number of halogens is 1. The Morgan fingerprint density at radius 3 is 2.67 bits per heavy atom. The van der Waals surface area contributed by atoms with Crippen molar-refractivity contribution in [1.29, 1.82) is 5.26 Å². The molecule has 3 aliphatic rings. The Balaban J connectivity index is 1.54. The average molecular weight is 484 g/mol. The van der Waals surface area contributed by atoms with Crippen LogP contribution in [0.3, 0.4) is 0 Å². The van der Waals surface area contributed by atoms with Gasteiger partial charge in [-0.15, -0.1) is 0 Å². The van der Waals surface area contributed by atoms with Gasteiger partial charge in [0, 0.05) is 17.0 Å². The minimum Gasteiger partial charge on any atom is -0.479 e. The second-order valence-corrected chi connectivity index (χ2v) is 10.1. The fourth-order valence-corrected chi connectivity index (χ4v) is 5.81. The highest BCUT2D eigenvalue weighted by Gasteiger charge is 2.35. The Labute approximate surface area is 188 Å². The molecule has 0 bridgehead atoms. The summed E-state index contributed by atoms with van der Waals surface area (Å²) in [5.41, 5.74) is 0.942. The van der Waals surface area contributed by atoms with Gasteiger partial charge in [-0.2, -0.15) is 5.26 Å². The van der Waals surface area contributed by atoms with Crippen LogP contribution in [0.25, 0.3) is 0 Å². The second kappa shape index (κ2) is 11.6. The summed E-state index contributed by atoms with van der Waals surface area (Å²) in [7, 11) is 0. The van der Waals surface area contributed by atoms with Gasteiger partial charge in [-0.3, -0.25) is 0 Å². The Kier molecular flexibility index (Phi) is 9.18. The molecule has 7 unspecified atom stereocenters. The largest absolute Gasteiger partial charge is 0.479 e. The maximum atomic E-state index is 11.1. The Hall–Kier alpha value is -0.940. The van der Waals surface area contributed by atoms with Gasteiger partial charge in [-0.25, -0.2) is 4.79 Å². The standard InChI is InChI=1S/C23H34BrNO5/c1-2-28-22-11-15(10-17(13-25)16-4-3-5-18(24)12-16)6-8-20(22)29-14-19-7-9-21(30-19)23(26)27/h10,15-16,18-22H,2-9,11-12,14H2,1H3,(H,26,27)/b17-10-. The van der Waals surface area contributed by atoms with Crippen molar-refractivity contribution in [2.75, 3.05) is 13.2 Å². The predicted octanol–water partition coefficient (Wildman–Crippen LogP) is 4.61. The first-order chi connectivity index (χ1) is 14.5. The molecule has 2 aliphatic carbocycles. The van der Waals surface area contributed by atoms with Crippen molar-refractivity contribution in [3.05, 3.63) is 11.6 Å². The van der Waals surface area contributed by atoms with Crippen molar-refractivity contribution in [2.45, 2.75) is 94.0 Å². The molecular weight excluding hydrogens is 450 g/mol. The molecule has 0 amide bonds. The van der Waals surface area contributed by atoms with Crippen LogP contribution in [0.2, 0.25) is 0 Å². The number of ether oxygens (including phenoxy) is 3. The van der Waals surface area contributed by atoms with Gasteiger partial charge in [-0.1, -0.05) is 28.4 Å². The van der Waals surface area contributed by atoms with Crippen LogP contribution in [-0.2, 0) is 19.0 Å². The lowest BCUT2D eigenvalue weighted by molar-refractivity contribution is -0.153. The number of carbonyl (C=O) groups is 1. The SMILES string of the molecule is CCOC1CC(/C=C(/C#N)C2CCCC(Br)C2)CCC1OCC1CCC(C(=O)O)O1. The van der Waals surface area contributed by atoms with Crippen LogP contribution >= 0.6 is 15.9 Å². The summed E-state index contributed by atoms with van der Waals surface area (Å²) in [5.74, 6) is -0.185.